The van der Waals surface area contributed by atoms with Crippen LogP contribution in [-0.2, 0) is 0 Å². The highest BCUT2D eigenvalue weighted by molar-refractivity contribution is 6.33. The molecule has 1 aromatic heterocycles. The summed E-state index contributed by atoms with van der Waals surface area (Å²) >= 11 is 6.15. The molecule has 0 radical (unpaired) electrons. The van der Waals surface area contributed by atoms with Gasteiger partial charge in [0.15, 0.2) is 5.76 Å². The van der Waals surface area contributed by atoms with Crippen LogP contribution < -0.4 is 10.6 Å². The van der Waals surface area contributed by atoms with E-state index in [1.54, 1.807) is 18.2 Å². The van der Waals surface area contributed by atoms with E-state index in [0.29, 0.717) is 29.0 Å². The Morgan fingerprint density at radius 2 is 2.17 bits per heavy atom. The lowest BCUT2D eigenvalue weighted by Crippen LogP contribution is -2.33. The molecule has 1 fully saturated rings. The molecule has 1 aliphatic rings. The van der Waals surface area contributed by atoms with E-state index in [1.807, 2.05) is 18.2 Å². The van der Waals surface area contributed by atoms with Gasteiger partial charge in [-0.1, -0.05) is 23.7 Å². The van der Waals surface area contributed by atoms with Gasteiger partial charge in [-0.3, -0.25) is 4.79 Å². The summed E-state index contributed by atoms with van der Waals surface area (Å²) in [5, 5.41) is 6.93. The molecule has 1 aromatic carbocycles. The number of piperidine rings is 1. The topological polar surface area (TPSA) is 54.3 Å². The summed E-state index contributed by atoms with van der Waals surface area (Å²) in [6.07, 6.45) is 3.45. The van der Waals surface area contributed by atoms with Gasteiger partial charge < -0.3 is 15.1 Å². The molecule has 1 saturated heterocycles. The molecule has 1 atom stereocenters. The summed E-state index contributed by atoms with van der Waals surface area (Å²) in [7, 11) is 0. The Kier molecular flexibility index (Phi) is 5.36. The van der Waals surface area contributed by atoms with Crippen LogP contribution in [0.15, 0.2) is 40.8 Å². The zero-order valence-corrected chi connectivity index (χ0v) is 13.7. The fourth-order valence-electron chi connectivity index (χ4n) is 2.91. The number of carbonyl (C=O) groups excluding carboxylic acids is 1. The molecule has 5 heteroatoms. The minimum Gasteiger partial charge on any atom is -0.451 e. The van der Waals surface area contributed by atoms with Crippen molar-refractivity contribution in [2.45, 2.75) is 19.3 Å². The number of rotatable bonds is 5. The molecule has 1 unspecified atom stereocenters. The maximum atomic E-state index is 12.2. The zero-order chi connectivity index (χ0) is 16.1. The number of hydrogen-bond acceptors (Lipinski definition) is 3. The Morgan fingerprint density at radius 1 is 1.30 bits per heavy atom. The van der Waals surface area contributed by atoms with Crippen LogP contribution in [0.2, 0.25) is 5.02 Å². The third kappa shape index (κ3) is 4.15. The summed E-state index contributed by atoms with van der Waals surface area (Å²) in [5.41, 5.74) is 0.793. The molecule has 122 valence electrons. The molecule has 2 N–H and O–H groups in total. The van der Waals surface area contributed by atoms with Crippen LogP contribution in [0, 0.1) is 5.92 Å². The van der Waals surface area contributed by atoms with E-state index in [9.17, 15) is 4.79 Å². The van der Waals surface area contributed by atoms with Crippen LogP contribution in [0.5, 0.6) is 0 Å². The molecule has 1 aliphatic heterocycles. The summed E-state index contributed by atoms with van der Waals surface area (Å²) in [6.45, 7) is 2.83. The number of benzene rings is 1. The average molecular weight is 333 g/mol. The molecule has 2 aromatic rings. The highest BCUT2D eigenvalue weighted by Crippen LogP contribution is 2.29. The predicted molar refractivity (Wildman–Crippen MR) is 91.7 cm³/mol. The second kappa shape index (κ2) is 7.66. The largest absolute Gasteiger partial charge is 0.451 e. The average Bonchev–Trinajstić information content (AvgIpc) is 3.06. The van der Waals surface area contributed by atoms with E-state index in [2.05, 4.69) is 10.6 Å². The van der Waals surface area contributed by atoms with E-state index in [0.717, 1.165) is 25.1 Å². The van der Waals surface area contributed by atoms with Crippen molar-refractivity contribution >= 4 is 17.5 Å². The van der Waals surface area contributed by atoms with Crippen molar-refractivity contribution in [1.29, 1.82) is 0 Å². The minimum absolute atomic E-state index is 0.174. The number of amides is 1. The fourth-order valence-corrected chi connectivity index (χ4v) is 3.14. The van der Waals surface area contributed by atoms with Gasteiger partial charge in [0.05, 0.1) is 5.02 Å². The molecule has 2 heterocycles. The molecular formula is C18H21ClN2O2. The van der Waals surface area contributed by atoms with Gasteiger partial charge in [-0.05, 0) is 62.5 Å². The summed E-state index contributed by atoms with van der Waals surface area (Å²) < 4.78 is 5.65. The number of nitrogens with one attached hydrogen (secondary N) is 2. The van der Waals surface area contributed by atoms with Crippen molar-refractivity contribution in [3.05, 3.63) is 47.2 Å². The summed E-state index contributed by atoms with van der Waals surface area (Å²) in [5.74, 6) is 1.41. The zero-order valence-electron chi connectivity index (χ0n) is 13.0. The van der Waals surface area contributed by atoms with Gasteiger partial charge >= 0.3 is 0 Å². The van der Waals surface area contributed by atoms with E-state index in [-0.39, 0.29) is 5.91 Å². The van der Waals surface area contributed by atoms with Gasteiger partial charge in [0.1, 0.15) is 5.76 Å². The first kappa shape index (κ1) is 16.1. The lowest BCUT2D eigenvalue weighted by atomic mass is 9.96. The maximum Gasteiger partial charge on any atom is 0.287 e. The van der Waals surface area contributed by atoms with E-state index < -0.39 is 0 Å². The highest BCUT2D eigenvalue weighted by Gasteiger charge is 2.15. The van der Waals surface area contributed by atoms with Crippen LogP contribution in [0.1, 0.15) is 29.8 Å². The first-order chi connectivity index (χ1) is 11.2. The van der Waals surface area contributed by atoms with Crippen molar-refractivity contribution in [3.63, 3.8) is 0 Å². The Hall–Kier alpha value is -1.78. The second-order valence-corrected chi connectivity index (χ2v) is 6.31. The van der Waals surface area contributed by atoms with Crippen LogP contribution in [0.4, 0.5) is 0 Å². The molecule has 0 saturated carbocycles. The molecular weight excluding hydrogens is 312 g/mol. The van der Waals surface area contributed by atoms with Gasteiger partial charge in [0.2, 0.25) is 0 Å². The van der Waals surface area contributed by atoms with Crippen LogP contribution in [0.25, 0.3) is 11.3 Å². The third-order valence-electron chi connectivity index (χ3n) is 4.21. The van der Waals surface area contributed by atoms with Gasteiger partial charge in [0, 0.05) is 12.1 Å². The molecule has 0 bridgehead atoms. The Labute approximate surface area is 141 Å². The van der Waals surface area contributed by atoms with Crippen molar-refractivity contribution in [2.24, 2.45) is 5.92 Å². The lowest BCUT2D eigenvalue weighted by molar-refractivity contribution is 0.0924. The molecule has 0 spiro atoms. The third-order valence-corrected chi connectivity index (χ3v) is 4.54. The first-order valence-electron chi connectivity index (χ1n) is 8.07. The normalized spacial score (nSPS) is 17.9. The maximum absolute atomic E-state index is 12.2. The highest BCUT2D eigenvalue weighted by atomic mass is 35.5. The van der Waals surface area contributed by atoms with Gasteiger partial charge in [-0.15, -0.1) is 0 Å². The van der Waals surface area contributed by atoms with Crippen LogP contribution in [-0.4, -0.2) is 25.5 Å². The summed E-state index contributed by atoms with van der Waals surface area (Å²) in [6, 6.07) is 10.9. The van der Waals surface area contributed by atoms with Gasteiger partial charge in [0.25, 0.3) is 5.91 Å². The molecule has 1 amide bonds. The number of halogens is 1. The number of hydrogen-bond donors (Lipinski definition) is 2. The van der Waals surface area contributed by atoms with E-state index in [1.165, 1.54) is 12.8 Å². The second-order valence-electron chi connectivity index (χ2n) is 5.90. The van der Waals surface area contributed by atoms with Crippen LogP contribution in [0.3, 0.4) is 0 Å². The molecule has 0 aliphatic carbocycles. The number of furan rings is 1. The van der Waals surface area contributed by atoms with Crippen molar-refractivity contribution < 1.29 is 9.21 Å². The first-order valence-corrected chi connectivity index (χ1v) is 8.45. The smallest absolute Gasteiger partial charge is 0.287 e. The SMILES string of the molecule is O=C(NCCC1CCCNC1)c1ccc(-c2ccccc2Cl)o1. The predicted octanol–water partition coefficient (Wildman–Crippen LogP) is 3.72. The van der Waals surface area contributed by atoms with Gasteiger partial charge in [-0.25, -0.2) is 0 Å². The van der Waals surface area contributed by atoms with Gasteiger partial charge in [-0.2, -0.15) is 0 Å². The molecule has 3 rings (SSSR count). The molecule has 23 heavy (non-hydrogen) atoms. The van der Waals surface area contributed by atoms with Crippen molar-refractivity contribution in [1.82, 2.24) is 10.6 Å². The fraction of sp³-hybridized carbons (Fsp3) is 0.389. The van der Waals surface area contributed by atoms with Crippen molar-refractivity contribution in [3.8, 4) is 11.3 Å². The Balaban J connectivity index is 1.55. The Bertz CT molecular complexity index is 663. The monoisotopic (exact) mass is 332 g/mol. The quantitative estimate of drug-likeness (QED) is 0.877. The molecule has 4 nitrogen and oxygen atoms in total. The van der Waals surface area contributed by atoms with Crippen LogP contribution >= 0.6 is 11.6 Å². The van der Waals surface area contributed by atoms with E-state index in [4.69, 9.17) is 16.0 Å². The standard InChI is InChI=1S/C18H21ClN2O2/c19-15-6-2-1-5-14(15)16-7-8-17(23-16)18(22)21-11-9-13-4-3-10-20-12-13/h1-2,5-8,13,20H,3-4,9-12H2,(H,21,22). The summed E-state index contributed by atoms with van der Waals surface area (Å²) in [4.78, 5) is 12.2. The van der Waals surface area contributed by atoms with Crippen molar-refractivity contribution in [2.75, 3.05) is 19.6 Å². The number of carbonyl (C=O) groups is 1. The minimum atomic E-state index is -0.174. The lowest BCUT2D eigenvalue weighted by Gasteiger charge is -2.22. The van der Waals surface area contributed by atoms with E-state index >= 15 is 0 Å². The Morgan fingerprint density at radius 3 is 2.96 bits per heavy atom.